The highest BCUT2D eigenvalue weighted by molar-refractivity contribution is 5.84. The lowest BCUT2D eigenvalue weighted by molar-refractivity contribution is -0.129. The standard InChI is InChI=1S/C33H39N3O5/c1-23-10-12-26(13-11-23)21-36-32(38)35(22-27-16-19-29(39-5)20-30(27)40-6)31(34-36)9-7-8-25-14-17-28(18-15-25)41-33(3,4)24(2)37/h10-20H,7-9,21-22H2,1-6H3. The fourth-order valence-electron chi connectivity index (χ4n) is 4.49. The Morgan fingerprint density at radius 1 is 0.854 bits per heavy atom. The van der Waals surface area contributed by atoms with E-state index in [-0.39, 0.29) is 11.5 Å². The summed E-state index contributed by atoms with van der Waals surface area (Å²) in [6.45, 7) is 7.84. The topological polar surface area (TPSA) is 84.6 Å². The first-order chi connectivity index (χ1) is 19.6. The fraction of sp³-hybridized carbons (Fsp3) is 0.364. The van der Waals surface area contributed by atoms with Crippen LogP contribution >= 0.6 is 0 Å². The Labute approximate surface area is 241 Å². The van der Waals surface area contributed by atoms with Crippen molar-refractivity contribution in [3.05, 3.63) is 105 Å². The smallest absolute Gasteiger partial charge is 0.346 e. The van der Waals surface area contributed by atoms with E-state index in [1.54, 1.807) is 37.3 Å². The van der Waals surface area contributed by atoms with Gasteiger partial charge in [0, 0.05) is 18.1 Å². The van der Waals surface area contributed by atoms with E-state index in [1.165, 1.54) is 12.5 Å². The van der Waals surface area contributed by atoms with Gasteiger partial charge >= 0.3 is 5.69 Å². The minimum Gasteiger partial charge on any atom is -0.497 e. The number of hydrogen-bond acceptors (Lipinski definition) is 6. The molecule has 0 aliphatic heterocycles. The van der Waals surface area contributed by atoms with Gasteiger partial charge in [-0.25, -0.2) is 9.48 Å². The third-order valence-electron chi connectivity index (χ3n) is 7.29. The number of aromatic nitrogens is 3. The zero-order valence-corrected chi connectivity index (χ0v) is 24.8. The molecule has 0 saturated carbocycles. The van der Waals surface area contributed by atoms with E-state index < -0.39 is 5.60 Å². The van der Waals surface area contributed by atoms with Crippen molar-refractivity contribution in [2.45, 2.75) is 65.6 Å². The molecule has 1 aromatic heterocycles. The highest BCUT2D eigenvalue weighted by atomic mass is 16.5. The van der Waals surface area contributed by atoms with E-state index in [1.807, 2.05) is 73.7 Å². The highest BCUT2D eigenvalue weighted by Crippen LogP contribution is 2.26. The van der Waals surface area contributed by atoms with Crippen LogP contribution in [0.15, 0.2) is 71.5 Å². The monoisotopic (exact) mass is 557 g/mol. The molecule has 0 saturated heterocycles. The van der Waals surface area contributed by atoms with Crippen molar-refractivity contribution in [2.24, 2.45) is 0 Å². The zero-order valence-electron chi connectivity index (χ0n) is 24.8. The molecule has 0 N–H and O–H groups in total. The van der Waals surface area contributed by atoms with Crippen LogP contribution < -0.4 is 19.9 Å². The second kappa shape index (κ2) is 12.9. The molecule has 4 rings (SSSR count). The van der Waals surface area contributed by atoms with Crippen molar-refractivity contribution >= 4 is 5.78 Å². The van der Waals surface area contributed by atoms with E-state index in [0.717, 1.165) is 35.4 Å². The summed E-state index contributed by atoms with van der Waals surface area (Å²) < 4.78 is 20.1. The summed E-state index contributed by atoms with van der Waals surface area (Å²) in [4.78, 5) is 25.4. The van der Waals surface area contributed by atoms with E-state index >= 15 is 0 Å². The van der Waals surface area contributed by atoms with Crippen LogP contribution in [0.5, 0.6) is 17.2 Å². The number of Topliss-reactive ketones (excluding diaryl/α,β-unsaturated/α-hetero) is 1. The van der Waals surface area contributed by atoms with Gasteiger partial charge in [-0.1, -0.05) is 42.0 Å². The van der Waals surface area contributed by atoms with Crippen LogP contribution in [-0.4, -0.2) is 40.0 Å². The molecule has 0 amide bonds. The molecule has 216 valence electrons. The van der Waals surface area contributed by atoms with E-state index in [2.05, 4.69) is 0 Å². The summed E-state index contributed by atoms with van der Waals surface area (Å²) in [6.07, 6.45) is 2.24. The zero-order chi connectivity index (χ0) is 29.6. The molecule has 0 aliphatic carbocycles. The molecule has 8 heteroatoms. The normalized spacial score (nSPS) is 11.4. The maximum absolute atomic E-state index is 13.6. The SMILES string of the molecule is COc1ccc(Cn2c(CCCc3ccc(OC(C)(C)C(C)=O)cc3)nn(Cc3ccc(C)cc3)c2=O)c(OC)c1. The van der Waals surface area contributed by atoms with Crippen LogP contribution in [0, 0.1) is 6.92 Å². The minimum absolute atomic E-state index is 0.0262. The molecule has 3 aromatic carbocycles. The molecule has 0 bridgehead atoms. The number of benzene rings is 3. The van der Waals surface area contributed by atoms with Gasteiger partial charge in [0.2, 0.25) is 0 Å². The summed E-state index contributed by atoms with van der Waals surface area (Å²) in [5.74, 6) is 2.70. The van der Waals surface area contributed by atoms with Crippen molar-refractivity contribution in [3.63, 3.8) is 0 Å². The first-order valence-electron chi connectivity index (χ1n) is 13.8. The van der Waals surface area contributed by atoms with Crippen LogP contribution in [0.25, 0.3) is 0 Å². The van der Waals surface area contributed by atoms with Crippen molar-refractivity contribution < 1.29 is 19.0 Å². The first-order valence-corrected chi connectivity index (χ1v) is 13.8. The lowest BCUT2D eigenvalue weighted by atomic mass is 10.0. The Morgan fingerprint density at radius 3 is 2.15 bits per heavy atom. The quantitative estimate of drug-likeness (QED) is 0.219. The van der Waals surface area contributed by atoms with Gasteiger partial charge in [0.1, 0.15) is 23.1 Å². The molecule has 1 heterocycles. The number of nitrogens with zero attached hydrogens (tertiary/aromatic N) is 3. The van der Waals surface area contributed by atoms with Gasteiger partial charge in [0.05, 0.1) is 27.3 Å². The molecule has 0 unspecified atom stereocenters. The Morgan fingerprint density at radius 2 is 1.51 bits per heavy atom. The molecule has 0 radical (unpaired) electrons. The number of ketones is 1. The molecular weight excluding hydrogens is 518 g/mol. The maximum atomic E-state index is 13.6. The number of rotatable bonds is 13. The average molecular weight is 558 g/mol. The second-order valence-electron chi connectivity index (χ2n) is 10.8. The van der Waals surface area contributed by atoms with E-state index in [4.69, 9.17) is 19.3 Å². The Kier molecular flexibility index (Phi) is 9.32. The molecule has 0 fully saturated rings. The van der Waals surface area contributed by atoms with Gasteiger partial charge in [-0.05, 0) is 75.9 Å². The number of ether oxygens (including phenoxy) is 3. The van der Waals surface area contributed by atoms with Crippen molar-refractivity contribution in [2.75, 3.05) is 14.2 Å². The molecule has 4 aromatic rings. The Balaban J connectivity index is 1.53. The van der Waals surface area contributed by atoms with Gasteiger partial charge in [-0.2, -0.15) is 5.10 Å². The van der Waals surface area contributed by atoms with Crippen LogP contribution in [-0.2, 0) is 30.7 Å². The van der Waals surface area contributed by atoms with Crippen LogP contribution in [0.3, 0.4) is 0 Å². The Hall–Kier alpha value is -4.33. The Bertz CT molecular complexity index is 1530. The van der Waals surface area contributed by atoms with Crippen LogP contribution in [0.2, 0.25) is 0 Å². The molecular formula is C33H39N3O5. The van der Waals surface area contributed by atoms with Gasteiger partial charge < -0.3 is 14.2 Å². The van der Waals surface area contributed by atoms with E-state index in [0.29, 0.717) is 36.8 Å². The molecule has 8 nitrogen and oxygen atoms in total. The number of aryl methyl sites for hydroxylation is 3. The first kappa shape index (κ1) is 29.6. The third kappa shape index (κ3) is 7.45. The predicted octanol–water partition coefficient (Wildman–Crippen LogP) is 5.39. The average Bonchev–Trinajstić information content (AvgIpc) is 3.24. The van der Waals surface area contributed by atoms with Crippen molar-refractivity contribution in [1.29, 1.82) is 0 Å². The van der Waals surface area contributed by atoms with Gasteiger partial charge in [-0.3, -0.25) is 9.36 Å². The molecule has 0 atom stereocenters. The lowest BCUT2D eigenvalue weighted by Crippen LogP contribution is -2.36. The lowest BCUT2D eigenvalue weighted by Gasteiger charge is -2.23. The molecule has 0 aliphatic rings. The number of methoxy groups -OCH3 is 2. The summed E-state index contributed by atoms with van der Waals surface area (Å²) in [5, 5.41) is 4.76. The van der Waals surface area contributed by atoms with Crippen LogP contribution in [0.4, 0.5) is 0 Å². The van der Waals surface area contributed by atoms with Gasteiger partial charge in [-0.15, -0.1) is 0 Å². The van der Waals surface area contributed by atoms with Gasteiger partial charge in [0.15, 0.2) is 11.4 Å². The van der Waals surface area contributed by atoms with Crippen molar-refractivity contribution in [3.8, 4) is 17.2 Å². The minimum atomic E-state index is -0.866. The van der Waals surface area contributed by atoms with Crippen LogP contribution in [0.1, 0.15) is 55.3 Å². The predicted molar refractivity (Wildman–Crippen MR) is 159 cm³/mol. The number of carbonyl (C=O) groups excluding carboxylic acids is 1. The second-order valence-corrected chi connectivity index (χ2v) is 10.8. The fourth-order valence-corrected chi connectivity index (χ4v) is 4.49. The molecule has 41 heavy (non-hydrogen) atoms. The summed E-state index contributed by atoms with van der Waals surface area (Å²) >= 11 is 0. The third-order valence-corrected chi connectivity index (χ3v) is 7.29. The highest BCUT2D eigenvalue weighted by Gasteiger charge is 2.25. The largest absolute Gasteiger partial charge is 0.497 e. The molecule has 0 spiro atoms. The van der Waals surface area contributed by atoms with Gasteiger partial charge in [0.25, 0.3) is 0 Å². The van der Waals surface area contributed by atoms with E-state index in [9.17, 15) is 9.59 Å². The summed E-state index contributed by atoms with van der Waals surface area (Å²) in [7, 11) is 3.22. The van der Waals surface area contributed by atoms with Crippen molar-refractivity contribution in [1.82, 2.24) is 14.3 Å². The summed E-state index contributed by atoms with van der Waals surface area (Å²) in [5.41, 5.74) is 3.17. The maximum Gasteiger partial charge on any atom is 0.346 e. The number of carbonyl (C=O) groups is 1. The number of hydrogen-bond donors (Lipinski definition) is 0. The summed E-state index contributed by atoms with van der Waals surface area (Å²) in [6, 6.07) is 21.5.